The molecule has 29 heavy (non-hydrogen) atoms. The van der Waals surface area contributed by atoms with E-state index < -0.39 is 0 Å². The SMILES string of the molecule is O=C1C[C@@H](C(=O)N2CCC[C@@H]2c2nc3ccccc3s2)CN1Cc1ccccc1. The Morgan fingerprint density at radius 1 is 1.10 bits per heavy atom. The van der Waals surface area contributed by atoms with Gasteiger partial charge in [-0.2, -0.15) is 0 Å². The van der Waals surface area contributed by atoms with E-state index in [1.54, 1.807) is 11.3 Å². The maximum absolute atomic E-state index is 13.3. The first-order valence-corrected chi connectivity index (χ1v) is 11.0. The number of para-hydroxylation sites is 1. The Labute approximate surface area is 174 Å². The van der Waals surface area contributed by atoms with Gasteiger partial charge in [-0.1, -0.05) is 42.5 Å². The molecule has 148 valence electrons. The molecule has 0 N–H and O–H groups in total. The summed E-state index contributed by atoms with van der Waals surface area (Å²) >= 11 is 1.68. The molecule has 6 heteroatoms. The molecule has 2 saturated heterocycles. The van der Waals surface area contributed by atoms with Crippen molar-refractivity contribution in [2.75, 3.05) is 13.1 Å². The Morgan fingerprint density at radius 3 is 2.72 bits per heavy atom. The summed E-state index contributed by atoms with van der Waals surface area (Å²) in [6.45, 7) is 1.84. The van der Waals surface area contributed by atoms with E-state index in [9.17, 15) is 9.59 Å². The minimum absolute atomic E-state index is 0.0400. The van der Waals surface area contributed by atoms with Gasteiger partial charge in [0.1, 0.15) is 5.01 Å². The lowest BCUT2D eigenvalue weighted by molar-refractivity contribution is -0.136. The number of carbonyl (C=O) groups is 2. The van der Waals surface area contributed by atoms with Gasteiger partial charge in [-0.05, 0) is 30.5 Å². The van der Waals surface area contributed by atoms with E-state index in [4.69, 9.17) is 4.98 Å². The van der Waals surface area contributed by atoms with Crippen molar-refractivity contribution in [1.29, 1.82) is 0 Å². The molecule has 0 spiro atoms. The molecule has 5 rings (SSSR count). The fourth-order valence-electron chi connectivity index (χ4n) is 4.45. The molecule has 2 aromatic carbocycles. The quantitative estimate of drug-likeness (QED) is 0.659. The van der Waals surface area contributed by atoms with Crippen LogP contribution in [0.3, 0.4) is 0 Å². The Kier molecular flexibility index (Phi) is 4.79. The minimum atomic E-state index is -0.249. The monoisotopic (exact) mass is 405 g/mol. The van der Waals surface area contributed by atoms with Gasteiger partial charge in [0.15, 0.2) is 0 Å². The third-order valence-corrected chi connectivity index (χ3v) is 7.05. The van der Waals surface area contributed by atoms with Crippen molar-refractivity contribution >= 4 is 33.4 Å². The standard InChI is InChI=1S/C23H23N3O2S/c27-21-13-17(15-25(21)14-16-7-2-1-3-8-16)23(28)26-12-6-10-19(26)22-24-18-9-4-5-11-20(18)29-22/h1-5,7-9,11,17,19H,6,10,12-15H2/t17-,19-/m1/s1. The molecule has 0 aliphatic carbocycles. The normalized spacial score (nSPS) is 22.0. The number of carbonyl (C=O) groups excluding carboxylic acids is 2. The summed E-state index contributed by atoms with van der Waals surface area (Å²) < 4.78 is 1.16. The third-order valence-electron chi connectivity index (χ3n) is 5.91. The number of amides is 2. The average Bonchev–Trinajstić information content (AvgIpc) is 3.46. The lowest BCUT2D eigenvalue weighted by atomic mass is 10.1. The van der Waals surface area contributed by atoms with E-state index in [1.165, 1.54) is 0 Å². The highest BCUT2D eigenvalue weighted by atomic mass is 32.1. The number of nitrogens with zero attached hydrogens (tertiary/aromatic N) is 3. The highest BCUT2D eigenvalue weighted by Gasteiger charge is 2.40. The lowest BCUT2D eigenvalue weighted by Crippen LogP contribution is -2.37. The Hall–Kier alpha value is -2.73. The van der Waals surface area contributed by atoms with Gasteiger partial charge in [0.05, 0.1) is 22.2 Å². The average molecular weight is 406 g/mol. The molecule has 2 atom stereocenters. The van der Waals surface area contributed by atoms with Gasteiger partial charge in [-0.25, -0.2) is 4.98 Å². The van der Waals surface area contributed by atoms with Crippen molar-refractivity contribution in [3.8, 4) is 0 Å². The van der Waals surface area contributed by atoms with E-state index in [0.717, 1.165) is 40.2 Å². The molecular formula is C23H23N3O2S. The summed E-state index contributed by atoms with van der Waals surface area (Å²) in [5.74, 6) is -0.0696. The fraction of sp³-hybridized carbons (Fsp3) is 0.348. The molecule has 2 fully saturated rings. The number of benzene rings is 2. The third kappa shape index (κ3) is 3.53. The Balaban J connectivity index is 1.31. The molecule has 1 aromatic heterocycles. The molecule has 5 nitrogen and oxygen atoms in total. The molecule has 0 saturated carbocycles. The van der Waals surface area contributed by atoms with Crippen LogP contribution in [0.2, 0.25) is 0 Å². The molecule has 0 unspecified atom stereocenters. The number of fused-ring (bicyclic) bond motifs is 1. The van der Waals surface area contributed by atoms with Crippen LogP contribution in [0.1, 0.15) is 35.9 Å². The molecule has 2 aliphatic rings. The predicted octanol–water partition coefficient (Wildman–Crippen LogP) is 4.01. The van der Waals surface area contributed by atoms with Crippen molar-refractivity contribution < 1.29 is 9.59 Å². The molecule has 2 aliphatic heterocycles. The van der Waals surface area contributed by atoms with E-state index in [0.29, 0.717) is 19.5 Å². The topological polar surface area (TPSA) is 53.5 Å². The van der Waals surface area contributed by atoms with Crippen LogP contribution >= 0.6 is 11.3 Å². The zero-order valence-corrected chi connectivity index (χ0v) is 17.0. The van der Waals surface area contributed by atoms with Gasteiger partial charge in [0.2, 0.25) is 11.8 Å². The summed E-state index contributed by atoms with van der Waals surface area (Å²) in [6.07, 6.45) is 2.25. The molecule has 3 heterocycles. The first-order valence-electron chi connectivity index (χ1n) is 10.2. The maximum Gasteiger partial charge on any atom is 0.228 e. The number of hydrogen-bond acceptors (Lipinski definition) is 4. The van der Waals surface area contributed by atoms with E-state index in [2.05, 4.69) is 6.07 Å². The minimum Gasteiger partial charge on any atom is -0.338 e. The van der Waals surface area contributed by atoms with Crippen LogP contribution in [-0.2, 0) is 16.1 Å². The van der Waals surface area contributed by atoms with Crippen molar-refractivity contribution in [3.63, 3.8) is 0 Å². The zero-order valence-electron chi connectivity index (χ0n) is 16.2. The highest BCUT2D eigenvalue weighted by Crippen LogP contribution is 2.38. The number of likely N-dealkylation sites (tertiary alicyclic amines) is 2. The smallest absolute Gasteiger partial charge is 0.228 e. The second-order valence-corrected chi connectivity index (χ2v) is 8.93. The fourth-order valence-corrected chi connectivity index (χ4v) is 5.56. The van der Waals surface area contributed by atoms with Gasteiger partial charge in [0.25, 0.3) is 0 Å². The second-order valence-electron chi connectivity index (χ2n) is 7.87. The molecule has 2 amide bonds. The van der Waals surface area contributed by atoms with E-state index in [1.807, 2.05) is 58.3 Å². The number of aromatic nitrogens is 1. The highest BCUT2D eigenvalue weighted by molar-refractivity contribution is 7.18. The van der Waals surface area contributed by atoms with Gasteiger partial charge >= 0.3 is 0 Å². The second kappa shape index (κ2) is 7.59. The van der Waals surface area contributed by atoms with Gasteiger partial charge < -0.3 is 9.80 Å². The summed E-state index contributed by atoms with van der Waals surface area (Å²) in [7, 11) is 0. The summed E-state index contributed by atoms with van der Waals surface area (Å²) in [6, 6.07) is 18.1. The van der Waals surface area contributed by atoms with Crippen LogP contribution < -0.4 is 0 Å². The molecular weight excluding hydrogens is 382 g/mol. The van der Waals surface area contributed by atoms with Crippen molar-refractivity contribution in [2.24, 2.45) is 5.92 Å². The van der Waals surface area contributed by atoms with Crippen LogP contribution in [-0.4, -0.2) is 39.7 Å². The molecule has 3 aromatic rings. The van der Waals surface area contributed by atoms with Crippen LogP contribution in [0, 0.1) is 5.92 Å². The number of hydrogen-bond donors (Lipinski definition) is 0. The van der Waals surface area contributed by atoms with Gasteiger partial charge in [-0.15, -0.1) is 11.3 Å². The largest absolute Gasteiger partial charge is 0.338 e. The van der Waals surface area contributed by atoms with Gasteiger partial charge in [-0.3, -0.25) is 9.59 Å². The van der Waals surface area contributed by atoms with E-state index in [-0.39, 0.29) is 23.8 Å². The summed E-state index contributed by atoms with van der Waals surface area (Å²) in [5, 5.41) is 1.02. The summed E-state index contributed by atoms with van der Waals surface area (Å²) in [5.41, 5.74) is 2.10. The summed E-state index contributed by atoms with van der Waals surface area (Å²) in [4.78, 5) is 34.4. The van der Waals surface area contributed by atoms with Crippen LogP contribution in [0.15, 0.2) is 54.6 Å². The Morgan fingerprint density at radius 2 is 1.90 bits per heavy atom. The molecule has 0 bridgehead atoms. The Bertz CT molecular complexity index is 1020. The number of rotatable bonds is 4. The lowest BCUT2D eigenvalue weighted by Gasteiger charge is -2.26. The van der Waals surface area contributed by atoms with Crippen LogP contribution in [0.5, 0.6) is 0 Å². The van der Waals surface area contributed by atoms with Crippen molar-refractivity contribution in [1.82, 2.24) is 14.8 Å². The van der Waals surface area contributed by atoms with Gasteiger partial charge in [0, 0.05) is 26.1 Å². The predicted molar refractivity (Wildman–Crippen MR) is 113 cm³/mol. The first kappa shape index (κ1) is 18.3. The number of thiazole rings is 1. The van der Waals surface area contributed by atoms with E-state index >= 15 is 0 Å². The molecule has 0 radical (unpaired) electrons. The van der Waals surface area contributed by atoms with Crippen molar-refractivity contribution in [3.05, 3.63) is 65.2 Å². The maximum atomic E-state index is 13.3. The van der Waals surface area contributed by atoms with Crippen molar-refractivity contribution in [2.45, 2.75) is 31.8 Å². The van der Waals surface area contributed by atoms with Crippen LogP contribution in [0.4, 0.5) is 0 Å². The van der Waals surface area contributed by atoms with Crippen LogP contribution in [0.25, 0.3) is 10.2 Å². The zero-order chi connectivity index (χ0) is 19.8. The first-order chi connectivity index (χ1) is 14.2.